The van der Waals surface area contributed by atoms with Gasteiger partial charge in [-0.2, -0.15) is 5.26 Å². The molecule has 9 heteroatoms. The molecule has 0 radical (unpaired) electrons. The maximum atomic E-state index is 13.7. The van der Waals surface area contributed by atoms with E-state index in [1.54, 1.807) is 48.1 Å². The lowest BCUT2D eigenvalue weighted by atomic mass is 9.98. The first-order chi connectivity index (χ1) is 17.0. The van der Waals surface area contributed by atoms with Gasteiger partial charge >= 0.3 is 0 Å². The Morgan fingerprint density at radius 2 is 1.94 bits per heavy atom. The molecule has 8 nitrogen and oxygen atoms in total. The number of rotatable bonds is 4. The van der Waals surface area contributed by atoms with Crippen molar-refractivity contribution in [3.05, 3.63) is 94.2 Å². The average molecular weight is 470 g/mol. The molecule has 1 aromatic carbocycles. The van der Waals surface area contributed by atoms with Crippen LogP contribution in [0.2, 0.25) is 0 Å². The van der Waals surface area contributed by atoms with Crippen LogP contribution in [0.5, 0.6) is 0 Å². The van der Waals surface area contributed by atoms with Gasteiger partial charge in [-0.25, -0.2) is 19.3 Å². The maximum Gasteiger partial charge on any atom is 0.252 e. The van der Waals surface area contributed by atoms with Crippen LogP contribution in [-0.4, -0.2) is 50.1 Å². The van der Waals surface area contributed by atoms with Crippen molar-refractivity contribution >= 4 is 16.7 Å². The Hall–Kier alpha value is -4.16. The molecule has 1 unspecified atom stereocenters. The number of anilines is 1. The lowest BCUT2D eigenvalue weighted by molar-refractivity contribution is 0.147. The van der Waals surface area contributed by atoms with E-state index in [1.807, 2.05) is 6.07 Å². The summed E-state index contributed by atoms with van der Waals surface area (Å²) in [6.45, 7) is 4.10. The summed E-state index contributed by atoms with van der Waals surface area (Å²) in [4.78, 5) is 30.3. The minimum Gasteiger partial charge on any atom is -0.367 e. The first-order valence-corrected chi connectivity index (χ1v) is 11.4. The molecule has 0 bridgehead atoms. The Bertz CT molecular complexity index is 1460. The zero-order valence-corrected chi connectivity index (χ0v) is 19.5. The highest BCUT2D eigenvalue weighted by Gasteiger charge is 2.33. The topological polar surface area (TPSA) is 90.9 Å². The quantitative estimate of drug-likeness (QED) is 0.454. The standard InChI is InChI=1S/C26H24FN7O/c1-17-15-33(23-13-24(35)32(2)22-8-7-20(14-28)31-25(22)23)11-12-34(17)26(21-9-10-29-16-30-21)18-3-5-19(27)6-4-18/h3-10,13,16-17,26H,11-12,15H2,1-2H3/t17-,26?/m1/s1. The molecule has 4 heterocycles. The molecular weight excluding hydrogens is 445 g/mol. The number of nitrogens with zero attached hydrogens (tertiary/aromatic N) is 7. The number of aromatic nitrogens is 4. The summed E-state index contributed by atoms with van der Waals surface area (Å²) >= 11 is 0. The van der Waals surface area contributed by atoms with Crippen molar-refractivity contribution in [3.63, 3.8) is 0 Å². The molecule has 1 fully saturated rings. The Morgan fingerprint density at radius 3 is 2.63 bits per heavy atom. The second-order valence-corrected chi connectivity index (χ2v) is 8.72. The molecule has 176 valence electrons. The first-order valence-electron chi connectivity index (χ1n) is 11.4. The number of fused-ring (bicyclic) bond motifs is 1. The number of aryl methyl sites for hydroxylation is 1. The van der Waals surface area contributed by atoms with E-state index in [0.29, 0.717) is 36.4 Å². The molecule has 0 amide bonds. The highest BCUT2D eigenvalue weighted by atomic mass is 19.1. The summed E-state index contributed by atoms with van der Waals surface area (Å²) in [6, 6.07) is 15.4. The van der Waals surface area contributed by atoms with Gasteiger partial charge in [-0.05, 0) is 42.8 Å². The van der Waals surface area contributed by atoms with E-state index in [1.165, 1.54) is 18.5 Å². The Morgan fingerprint density at radius 1 is 1.14 bits per heavy atom. The fourth-order valence-electron chi connectivity index (χ4n) is 4.83. The van der Waals surface area contributed by atoms with Crippen molar-refractivity contribution in [1.82, 2.24) is 24.4 Å². The molecule has 5 rings (SSSR count). The van der Waals surface area contributed by atoms with Gasteiger partial charge in [0.1, 0.15) is 29.4 Å². The van der Waals surface area contributed by atoms with Crippen molar-refractivity contribution in [2.45, 2.75) is 19.0 Å². The number of nitriles is 1. The fraction of sp³-hybridized carbons (Fsp3) is 0.269. The summed E-state index contributed by atoms with van der Waals surface area (Å²) in [5.41, 5.74) is 4.02. The molecule has 1 aliphatic rings. The van der Waals surface area contributed by atoms with Crippen LogP contribution >= 0.6 is 0 Å². The van der Waals surface area contributed by atoms with Gasteiger partial charge in [0.25, 0.3) is 5.56 Å². The smallest absolute Gasteiger partial charge is 0.252 e. The van der Waals surface area contributed by atoms with Gasteiger partial charge in [0, 0.05) is 45.0 Å². The van der Waals surface area contributed by atoms with Crippen molar-refractivity contribution in [2.75, 3.05) is 24.5 Å². The summed E-state index contributed by atoms with van der Waals surface area (Å²) in [6.07, 6.45) is 3.24. The van der Waals surface area contributed by atoms with Crippen LogP contribution in [0.4, 0.5) is 10.1 Å². The average Bonchev–Trinajstić information content (AvgIpc) is 2.88. The van der Waals surface area contributed by atoms with Crippen LogP contribution in [0, 0.1) is 17.1 Å². The lowest BCUT2D eigenvalue weighted by Gasteiger charge is -2.44. The molecule has 2 atom stereocenters. The third-order valence-corrected chi connectivity index (χ3v) is 6.61. The SMILES string of the molecule is C[C@@H]1CN(c2cc(=O)n(C)c3ccc(C#N)nc23)CCN1C(c1ccc(F)cc1)c1ccncn1. The van der Waals surface area contributed by atoms with Crippen molar-refractivity contribution in [3.8, 4) is 6.07 Å². The molecule has 3 aromatic heterocycles. The monoisotopic (exact) mass is 469 g/mol. The van der Waals surface area contributed by atoms with E-state index in [9.17, 15) is 14.4 Å². The summed E-state index contributed by atoms with van der Waals surface area (Å²) in [5, 5.41) is 9.36. The van der Waals surface area contributed by atoms with Gasteiger partial charge in [-0.15, -0.1) is 0 Å². The van der Waals surface area contributed by atoms with Gasteiger partial charge in [0.2, 0.25) is 0 Å². The zero-order valence-electron chi connectivity index (χ0n) is 19.5. The van der Waals surface area contributed by atoms with Crippen LogP contribution in [0.3, 0.4) is 0 Å². The first kappa shape index (κ1) is 22.6. The molecule has 0 spiro atoms. The Balaban J connectivity index is 1.51. The van der Waals surface area contributed by atoms with E-state index in [2.05, 4.69) is 37.7 Å². The molecule has 35 heavy (non-hydrogen) atoms. The summed E-state index contributed by atoms with van der Waals surface area (Å²) in [5.74, 6) is -0.283. The van der Waals surface area contributed by atoms with Gasteiger partial charge in [0.15, 0.2) is 0 Å². The van der Waals surface area contributed by atoms with Gasteiger partial charge in [-0.1, -0.05) is 12.1 Å². The minimum atomic E-state index is -0.283. The Kier molecular flexibility index (Phi) is 5.97. The highest BCUT2D eigenvalue weighted by molar-refractivity contribution is 5.88. The molecule has 1 aliphatic heterocycles. The normalized spacial score (nSPS) is 17.3. The number of halogens is 1. The number of hydrogen-bond acceptors (Lipinski definition) is 7. The maximum absolute atomic E-state index is 13.7. The highest BCUT2D eigenvalue weighted by Crippen LogP contribution is 2.33. The predicted molar refractivity (Wildman–Crippen MR) is 130 cm³/mol. The zero-order chi connectivity index (χ0) is 24.5. The number of benzene rings is 1. The van der Waals surface area contributed by atoms with E-state index in [0.717, 1.165) is 16.9 Å². The van der Waals surface area contributed by atoms with Crippen molar-refractivity contribution in [1.29, 1.82) is 5.26 Å². The minimum absolute atomic E-state index is 0.0759. The molecular formula is C26H24FN7O. The molecule has 0 aliphatic carbocycles. The predicted octanol–water partition coefficient (Wildman–Crippen LogP) is 3.03. The molecule has 1 saturated heterocycles. The largest absolute Gasteiger partial charge is 0.367 e. The van der Waals surface area contributed by atoms with Gasteiger partial charge in [-0.3, -0.25) is 9.69 Å². The van der Waals surface area contributed by atoms with Crippen LogP contribution in [-0.2, 0) is 7.05 Å². The Labute approximate surface area is 201 Å². The summed E-state index contributed by atoms with van der Waals surface area (Å²) < 4.78 is 15.2. The van der Waals surface area contributed by atoms with E-state index in [-0.39, 0.29) is 23.5 Å². The molecule has 0 saturated carbocycles. The summed E-state index contributed by atoms with van der Waals surface area (Å²) in [7, 11) is 1.71. The van der Waals surface area contributed by atoms with Crippen molar-refractivity contribution < 1.29 is 4.39 Å². The van der Waals surface area contributed by atoms with Crippen molar-refractivity contribution in [2.24, 2.45) is 7.05 Å². The van der Waals surface area contributed by atoms with Crippen LogP contribution in [0.1, 0.15) is 29.9 Å². The third-order valence-electron chi connectivity index (χ3n) is 6.61. The van der Waals surface area contributed by atoms with Gasteiger partial charge < -0.3 is 9.47 Å². The second kappa shape index (κ2) is 9.24. The van der Waals surface area contributed by atoms with Crippen LogP contribution in [0.25, 0.3) is 11.0 Å². The fourth-order valence-corrected chi connectivity index (χ4v) is 4.83. The number of piperazine rings is 1. The van der Waals surface area contributed by atoms with Crippen LogP contribution in [0.15, 0.2) is 65.8 Å². The lowest BCUT2D eigenvalue weighted by Crippen LogP contribution is -2.53. The second-order valence-electron chi connectivity index (χ2n) is 8.72. The van der Waals surface area contributed by atoms with Crippen LogP contribution < -0.4 is 10.5 Å². The third kappa shape index (κ3) is 4.24. The molecule has 0 N–H and O–H groups in total. The van der Waals surface area contributed by atoms with E-state index < -0.39 is 0 Å². The van der Waals surface area contributed by atoms with E-state index >= 15 is 0 Å². The molecule has 4 aromatic rings. The number of pyridine rings is 2. The van der Waals surface area contributed by atoms with E-state index in [4.69, 9.17) is 0 Å². The van der Waals surface area contributed by atoms with Gasteiger partial charge in [0.05, 0.1) is 22.9 Å². The number of hydrogen-bond donors (Lipinski definition) is 0.